The largest absolute Gasteiger partial charge is 0.341 e. The first-order valence-corrected chi connectivity index (χ1v) is 7.46. The van der Waals surface area contributed by atoms with Crippen LogP contribution in [0.1, 0.15) is 40.5 Å². The molecule has 1 saturated heterocycles. The molecule has 1 amide bonds. The van der Waals surface area contributed by atoms with E-state index in [1.165, 1.54) is 0 Å². The third-order valence-electron chi connectivity index (χ3n) is 3.51. The minimum Gasteiger partial charge on any atom is -0.341 e. The number of nitrogens with zero attached hydrogens (tertiary/aromatic N) is 1. The van der Waals surface area contributed by atoms with Crippen molar-refractivity contribution < 1.29 is 4.79 Å². The van der Waals surface area contributed by atoms with Gasteiger partial charge >= 0.3 is 0 Å². The smallest absolute Gasteiger partial charge is 0.238 e. The van der Waals surface area contributed by atoms with Gasteiger partial charge in [-0.2, -0.15) is 0 Å². The molecule has 1 fully saturated rings. The van der Waals surface area contributed by atoms with E-state index < -0.39 is 0 Å². The topological polar surface area (TPSA) is 46.3 Å². The Morgan fingerprint density at radius 3 is 2.59 bits per heavy atom. The molecule has 1 aliphatic rings. The summed E-state index contributed by atoms with van der Waals surface area (Å²) >= 11 is 1.81. The minimum atomic E-state index is -0.194. The zero-order chi connectivity index (χ0) is 13.1. The quantitative estimate of drug-likeness (QED) is 0.821. The number of hydrogen-bond acceptors (Lipinski definition) is 3. The van der Waals surface area contributed by atoms with Crippen LogP contribution < -0.4 is 5.73 Å². The Hall–Kier alpha value is -0.220. The molecule has 3 nitrogen and oxygen atoms in total. The Kier molecular flexibility index (Phi) is 4.90. The van der Waals surface area contributed by atoms with Gasteiger partial charge in [-0.25, -0.2) is 0 Å². The summed E-state index contributed by atoms with van der Waals surface area (Å²) in [4.78, 5) is 14.5. The molecule has 0 spiro atoms. The summed E-state index contributed by atoms with van der Waals surface area (Å²) < 4.78 is -0.194. The Morgan fingerprint density at radius 1 is 1.53 bits per heavy atom. The second-order valence-corrected chi connectivity index (χ2v) is 7.47. The highest BCUT2D eigenvalue weighted by atomic mass is 32.2. The van der Waals surface area contributed by atoms with Crippen molar-refractivity contribution in [2.24, 2.45) is 11.1 Å². The summed E-state index contributed by atoms with van der Waals surface area (Å²) in [5, 5.41) is 0. The number of carbonyl (C=O) groups is 1. The zero-order valence-corrected chi connectivity index (χ0v) is 12.4. The average molecular weight is 258 g/mol. The van der Waals surface area contributed by atoms with Crippen LogP contribution >= 0.6 is 11.8 Å². The molecule has 0 aromatic heterocycles. The number of rotatable bonds is 5. The molecule has 0 saturated carbocycles. The first-order chi connectivity index (χ1) is 7.84. The fourth-order valence-electron chi connectivity index (χ4n) is 2.19. The first kappa shape index (κ1) is 14.8. The molecule has 1 atom stereocenters. The molecular formula is C13H26N2OS. The third kappa shape index (κ3) is 3.62. The van der Waals surface area contributed by atoms with Crippen molar-refractivity contribution in [3.8, 4) is 0 Å². The van der Waals surface area contributed by atoms with Crippen molar-refractivity contribution in [1.29, 1.82) is 0 Å². The van der Waals surface area contributed by atoms with E-state index in [-0.39, 0.29) is 10.2 Å². The van der Waals surface area contributed by atoms with Crippen LogP contribution in [-0.4, -0.2) is 40.9 Å². The summed E-state index contributed by atoms with van der Waals surface area (Å²) in [6, 6.07) is 0. The van der Waals surface area contributed by atoms with Crippen LogP contribution in [0.15, 0.2) is 0 Å². The number of amides is 1. The highest BCUT2D eigenvalue weighted by molar-refractivity contribution is 8.01. The van der Waals surface area contributed by atoms with Gasteiger partial charge in [-0.05, 0) is 44.4 Å². The van der Waals surface area contributed by atoms with E-state index in [0.717, 1.165) is 31.7 Å². The first-order valence-electron chi connectivity index (χ1n) is 6.48. The number of hydrogen-bond donors (Lipinski definition) is 1. The van der Waals surface area contributed by atoms with Gasteiger partial charge in [-0.15, -0.1) is 11.8 Å². The molecule has 1 unspecified atom stereocenters. The maximum Gasteiger partial charge on any atom is 0.238 e. The van der Waals surface area contributed by atoms with Crippen LogP contribution in [0.3, 0.4) is 0 Å². The van der Waals surface area contributed by atoms with E-state index in [1.807, 2.05) is 23.6 Å². The fourth-order valence-corrected chi connectivity index (χ4v) is 3.47. The van der Waals surface area contributed by atoms with Crippen LogP contribution in [0.25, 0.3) is 0 Å². The monoisotopic (exact) mass is 258 g/mol. The van der Waals surface area contributed by atoms with Gasteiger partial charge in [-0.1, -0.05) is 13.8 Å². The van der Waals surface area contributed by atoms with Crippen molar-refractivity contribution >= 4 is 17.7 Å². The van der Waals surface area contributed by atoms with E-state index in [2.05, 4.69) is 20.8 Å². The van der Waals surface area contributed by atoms with Crippen molar-refractivity contribution in [2.45, 2.75) is 45.3 Å². The molecule has 17 heavy (non-hydrogen) atoms. The van der Waals surface area contributed by atoms with E-state index in [0.29, 0.717) is 12.5 Å². The van der Waals surface area contributed by atoms with E-state index in [4.69, 9.17) is 5.73 Å². The minimum absolute atomic E-state index is 0.00526. The lowest BCUT2D eigenvalue weighted by Crippen LogP contribution is -2.48. The molecule has 0 radical (unpaired) electrons. The number of carbonyl (C=O) groups excluding carboxylic acids is 1. The van der Waals surface area contributed by atoms with E-state index in [1.54, 1.807) is 0 Å². The normalized spacial score (nSPS) is 25.0. The molecule has 4 heteroatoms. The summed E-state index contributed by atoms with van der Waals surface area (Å²) in [7, 11) is 0. The van der Waals surface area contributed by atoms with Gasteiger partial charge in [0.2, 0.25) is 5.91 Å². The molecule has 0 aliphatic carbocycles. The standard InChI is InChI=1S/C13H26N2OS/c1-5-15(10-12(2,3)9-14)11(16)13(4)7-6-8-17-13/h5-10,14H2,1-4H3. The van der Waals surface area contributed by atoms with Gasteiger partial charge in [0.1, 0.15) is 0 Å². The predicted molar refractivity (Wildman–Crippen MR) is 75.2 cm³/mol. The van der Waals surface area contributed by atoms with Gasteiger partial charge in [0.05, 0.1) is 4.75 Å². The molecule has 0 bridgehead atoms. The maximum atomic E-state index is 12.6. The van der Waals surface area contributed by atoms with Crippen molar-refractivity contribution in [3.63, 3.8) is 0 Å². The Morgan fingerprint density at radius 2 is 2.18 bits per heavy atom. The van der Waals surface area contributed by atoms with Crippen molar-refractivity contribution in [2.75, 3.05) is 25.4 Å². The molecule has 1 aliphatic heterocycles. The highest BCUT2D eigenvalue weighted by Gasteiger charge is 2.40. The summed E-state index contributed by atoms with van der Waals surface area (Å²) in [6.45, 7) is 10.5. The molecule has 100 valence electrons. The predicted octanol–water partition coefficient (Wildman–Crippen LogP) is 2.11. The van der Waals surface area contributed by atoms with Crippen LogP contribution in [0.4, 0.5) is 0 Å². The van der Waals surface area contributed by atoms with E-state index in [9.17, 15) is 4.79 Å². The van der Waals surface area contributed by atoms with Gasteiger partial charge in [0, 0.05) is 13.1 Å². The third-order valence-corrected chi connectivity index (χ3v) is 5.02. The fraction of sp³-hybridized carbons (Fsp3) is 0.923. The second-order valence-electron chi connectivity index (χ2n) is 5.87. The van der Waals surface area contributed by atoms with Gasteiger partial charge in [0.25, 0.3) is 0 Å². The van der Waals surface area contributed by atoms with Crippen LogP contribution in [0.2, 0.25) is 0 Å². The lowest BCUT2D eigenvalue weighted by molar-refractivity contribution is -0.134. The van der Waals surface area contributed by atoms with Gasteiger partial charge in [-0.3, -0.25) is 4.79 Å². The molecule has 0 aromatic rings. The van der Waals surface area contributed by atoms with E-state index >= 15 is 0 Å². The van der Waals surface area contributed by atoms with Crippen molar-refractivity contribution in [1.82, 2.24) is 4.90 Å². The molecule has 2 N–H and O–H groups in total. The lowest BCUT2D eigenvalue weighted by Gasteiger charge is -2.35. The molecule has 1 rings (SSSR count). The summed E-state index contributed by atoms with van der Waals surface area (Å²) in [5.74, 6) is 1.41. The lowest BCUT2D eigenvalue weighted by atomic mass is 9.92. The number of thioether (sulfide) groups is 1. The molecule has 0 aromatic carbocycles. The van der Waals surface area contributed by atoms with Gasteiger partial charge < -0.3 is 10.6 Å². The Bertz CT molecular complexity index is 273. The Balaban J connectivity index is 2.70. The van der Waals surface area contributed by atoms with Gasteiger partial charge in [0.15, 0.2) is 0 Å². The SMILES string of the molecule is CCN(CC(C)(C)CN)C(=O)C1(C)CCCS1. The summed E-state index contributed by atoms with van der Waals surface area (Å²) in [6.07, 6.45) is 2.17. The highest BCUT2D eigenvalue weighted by Crippen LogP contribution is 2.39. The zero-order valence-electron chi connectivity index (χ0n) is 11.6. The molecule has 1 heterocycles. The summed E-state index contributed by atoms with van der Waals surface area (Å²) in [5.41, 5.74) is 5.76. The van der Waals surface area contributed by atoms with Crippen molar-refractivity contribution in [3.05, 3.63) is 0 Å². The number of nitrogens with two attached hydrogens (primary N) is 1. The molecular weight excluding hydrogens is 232 g/mol. The van der Waals surface area contributed by atoms with Crippen LogP contribution in [-0.2, 0) is 4.79 Å². The van der Waals surface area contributed by atoms with Crippen LogP contribution in [0.5, 0.6) is 0 Å². The van der Waals surface area contributed by atoms with Crippen LogP contribution in [0, 0.1) is 5.41 Å². The Labute approximate surface area is 109 Å². The average Bonchev–Trinajstić information content (AvgIpc) is 2.73. The second kappa shape index (κ2) is 5.61. The maximum absolute atomic E-state index is 12.6.